The maximum atomic E-state index is 12.9. The number of nitrogens with one attached hydrogen (secondary N) is 1. The van der Waals surface area contributed by atoms with Crippen molar-refractivity contribution in [2.75, 3.05) is 44.7 Å². The van der Waals surface area contributed by atoms with Gasteiger partial charge in [0, 0.05) is 57.4 Å². The maximum Gasteiger partial charge on any atom is 0.407 e. The van der Waals surface area contributed by atoms with Crippen molar-refractivity contribution in [2.45, 2.75) is 53.4 Å². The molecule has 3 aliphatic rings. The molecule has 1 aromatic heterocycles. The fourth-order valence-corrected chi connectivity index (χ4v) is 9.08. The molecule has 1 N–H and O–H groups in total. The number of ether oxygens (including phenoxy) is 1. The second-order valence-electron chi connectivity index (χ2n) is 12.8. The summed E-state index contributed by atoms with van der Waals surface area (Å²) in [5.41, 5.74) is 1.37. The molecule has 0 spiro atoms. The lowest BCUT2D eigenvalue weighted by Crippen LogP contribution is -2.54. The normalized spacial score (nSPS) is 22.7. The quantitative estimate of drug-likeness (QED) is 0.370. The van der Waals surface area contributed by atoms with Gasteiger partial charge in [0.1, 0.15) is 11.0 Å². The molecule has 3 aromatic rings. The molecule has 3 atom stereocenters. The van der Waals surface area contributed by atoms with Gasteiger partial charge in [-0.05, 0) is 80.9 Å². The smallest absolute Gasteiger partial charge is 0.407 e. The summed E-state index contributed by atoms with van der Waals surface area (Å²) in [5, 5.41) is 17.5. The van der Waals surface area contributed by atoms with E-state index in [9.17, 15) is 18.5 Å². The molecular weight excluding hydrogens is 588 g/mol. The minimum Gasteiger partial charge on any atom is -0.446 e. The van der Waals surface area contributed by atoms with Crippen LogP contribution in [0.25, 0.3) is 0 Å². The van der Waals surface area contributed by atoms with E-state index in [0.717, 1.165) is 76.1 Å². The molecule has 0 radical (unpaired) electrons. The van der Waals surface area contributed by atoms with Gasteiger partial charge in [0.15, 0.2) is 0 Å². The number of benzene rings is 2. The molecule has 1 unspecified atom stereocenters. The van der Waals surface area contributed by atoms with E-state index in [1.807, 2.05) is 30.3 Å². The van der Waals surface area contributed by atoms with E-state index in [1.54, 1.807) is 26.2 Å². The highest BCUT2D eigenvalue weighted by atomic mass is 32.2. The molecule has 1 saturated carbocycles. The van der Waals surface area contributed by atoms with Gasteiger partial charge < -0.3 is 19.9 Å². The van der Waals surface area contributed by atoms with E-state index in [-0.39, 0.29) is 27.7 Å². The molecule has 2 aromatic carbocycles. The fraction of sp³-hybridized carbons (Fsp3) is 0.500. The Morgan fingerprint density at radius 3 is 2.38 bits per heavy atom. The lowest BCUT2D eigenvalue weighted by Gasteiger charge is -2.47. The van der Waals surface area contributed by atoms with E-state index < -0.39 is 21.3 Å². The number of carbonyl (C=O) groups excluding carboxylic acids is 1. The van der Waals surface area contributed by atoms with E-state index in [2.05, 4.69) is 38.4 Å². The van der Waals surface area contributed by atoms with Crippen molar-refractivity contribution in [3.8, 4) is 6.07 Å². The number of aryl methyl sites for hydroxylation is 1. The maximum absolute atomic E-state index is 12.9. The van der Waals surface area contributed by atoms with Gasteiger partial charge in [-0.2, -0.15) is 10.4 Å². The summed E-state index contributed by atoms with van der Waals surface area (Å²) in [6.45, 7) is 4.74. The molecule has 11 heteroatoms. The summed E-state index contributed by atoms with van der Waals surface area (Å²) >= 11 is 0. The summed E-state index contributed by atoms with van der Waals surface area (Å²) in [4.78, 5) is 17.5. The van der Waals surface area contributed by atoms with Crippen LogP contribution in [0.5, 0.6) is 0 Å². The molecule has 45 heavy (non-hydrogen) atoms. The number of alkyl carbamates (subject to hydrolysis) is 1. The third-order valence-electron chi connectivity index (χ3n) is 10.1. The van der Waals surface area contributed by atoms with Crippen molar-refractivity contribution >= 4 is 21.6 Å². The number of amides is 1. The van der Waals surface area contributed by atoms with Gasteiger partial charge in [-0.15, -0.1) is 0 Å². The topological polar surface area (TPSA) is 121 Å². The van der Waals surface area contributed by atoms with Gasteiger partial charge in [-0.1, -0.05) is 30.3 Å². The molecule has 1 aliphatic carbocycles. The van der Waals surface area contributed by atoms with Crippen molar-refractivity contribution < 1.29 is 17.9 Å². The van der Waals surface area contributed by atoms with Crippen LogP contribution in [-0.2, 0) is 27.0 Å². The van der Waals surface area contributed by atoms with Crippen molar-refractivity contribution in [2.24, 2.45) is 24.8 Å². The zero-order valence-corrected chi connectivity index (χ0v) is 26.8. The van der Waals surface area contributed by atoms with Crippen molar-refractivity contribution in [1.29, 1.82) is 5.26 Å². The minimum atomic E-state index is -3.58. The highest BCUT2D eigenvalue weighted by Gasteiger charge is 2.53. The Kier molecular flexibility index (Phi) is 8.89. The second-order valence-corrected chi connectivity index (χ2v) is 14.7. The Morgan fingerprint density at radius 1 is 1.04 bits per heavy atom. The van der Waals surface area contributed by atoms with Crippen LogP contribution in [0, 0.1) is 29.1 Å². The summed E-state index contributed by atoms with van der Waals surface area (Å²) in [5.74, 6) is 0.680. The number of piperidine rings is 1. The highest BCUT2D eigenvalue weighted by Crippen LogP contribution is 2.51. The van der Waals surface area contributed by atoms with Crippen LogP contribution in [0.3, 0.4) is 0 Å². The van der Waals surface area contributed by atoms with E-state index in [1.165, 1.54) is 17.1 Å². The number of sulfone groups is 1. The molecule has 1 amide bonds. The molecule has 3 heterocycles. The van der Waals surface area contributed by atoms with E-state index in [4.69, 9.17) is 4.74 Å². The Labute approximate surface area is 265 Å². The van der Waals surface area contributed by atoms with Gasteiger partial charge in [-0.3, -0.25) is 4.68 Å². The molecule has 2 saturated heterocycles. The SMILES string of the molecule is CNC(=O)O[C@H]1CCC[C@@H]1C(C#N)(c1ccccc1)C1CCN(CC2CN(c3ccc(S(=O)(=O)c4cnn(C)c4)cc3)C2)CC1. The number of nitrogens with zero attached hydrogens (tertiary/aromatic N) is 5. The number of hydrogen-bond acceptors (Lipinski definition) is 8. The fourth-order valence-electron chi connectivity index (χ4n) is 7.83. The largest absolute Gasteiger partial charge is 0.446 e. The Balaban J connectivity index is 1.07. The highest BCUT2D eigenvalue weighted by molar-refractivity contribution is 7.91. The number of nitriles is 1. The average Bonchev–Trinajstić information content (AvgIpc) is 3.70. The molecule has 6 rings (SSSR count). The second kappa shape index (κ2) is 12.9. The third kappa shape index (κ3) is 6.06. The van der Waals surface area contributed by atoms with Crippen LogP contribution in [0.1, 0.15) is 37.7 Å². The molecule has 10 nitrogen and oxygen atoms in total. The van der Waals surface area contributed by atoms with E-state index >= 15 is 0 Å². The van der Waals surface area contributed by atoms with Gasteiger partial charge in [0.05, 0.1) is 22.6 Å². The van der Waals surface area contributed by atoms with Crippen LogP contribution < -0.4 is 10.2 Å². The first-order valence-electron chi connectivity index (χ1n) is 15.9. The Bertz CT molecular complexity index is 1620. The van der Waals surface area contributed by atoms with Crippen molar-refractivity contribution in [3.63, 3.8) is 0 Å². The summed E-state index contributed by atoms with van der Waals surface area (Å²) in [7, 11) is -0.307. The van der Waals surface area contributed by atoms with Crippen LogP contribution in [0.2, 0.25) is 0 Å². The van der Waals surface area contributed by atoms with Gasteiger partial charge in [0.25, 0.3) is 0 Å². The molecule has 238 valence electrons. The number of likely N-dealkylation sites (tertiary alicyclic amines) is 1. The minimum absolute atomic E-state index is 0.0373. The van der Waals surface area contributed by atoms with Gasteiger partial charge in [0.2, 0.25) is 9.84 Å². The van der Waals surface area contributed by atoms with Gasteiger partial charge in [-0.25, -0.2) is 13.2 Å². The van der Waals surface area contributed by atoms with Gasteiger partial charge >= 0.3 is 6.09 Å². The average molecular weight is 631 g/mol. The first-order chi connectivity index (χ1) is 21.7. The first-order valence-corrected chi connectivity index (χ1v) is 17.4. The van der Waals surface area contributed by atoms with Crippen LogP contribution >= 0.6 is 0 Å². The zero-order valence-electron chi connectivity index (χ0n) is 26.0. The molecule has 3 fully saturated rings. The van der Waals surface area contributed by atoms with Crippen LogP contribution in [-0.4, -0.2) is 75.1 Å². The predicted octanol–water partition coefficient (Wildman–Crippen LogP) is 4.39. The third-order valence-corrected chi connectivity index (χ3v) is 11.9. The number of hydrogen-bond donors (Lipinski definition) is 1. The van der Waals surface area contributed by atoms with Crippen molar-refractivity contribution in [3.05, 3.63) is 72.6 Å². The first kappa shape index (κ1) is 31.1. The molecule has 2 aliphatic heterocycles. The number of anilines is 1. The van der Waals surface area contributed by atoms with Crippen LogP contribution in [0.15, 0.2) is 76.8 Å². The monoisotopic (exact) mass is 630 g/mol. The predicted molar refractivity (Wildman–Crippen MR) is 170 cm³/mol. The number of aromatic nitrogens is 2. The standard InChI is InChI=1S/C34H42N6O4S/c1-36-33(41)44-32-10-6-9-31(32)34(24-35,26-7-4-3-5-8-26)27-15-17-39(18-16-27)20-25-21-40(22-25)28-11-13-29(14-12-28)45(42,43)30-19-37-38(2)23-30/h3-5,7-8,11-14,19,23,25,27,31-32H,6,9-10,15-18,20-22H2,1-2H3,(H,36,41)/t31-,32-,34?/m0/s1. The summed E-state index contributed by atoms with van der Waals surface area (Å²) < 4.78 is 33.1. The number of rotatable bonds is 9. The molecular formula is C34H42N6O4S. The lowest BCUT2D eigenvalue weighted by molar-refractivity contribution is 0.0307. The summed E-state index contributed by atoms with van der Waals surface area (Å²) in [6.07, 6.45) is 6.65. The lowest BCUT2D eigenvalue weighted by atomic mass is 9.59. The Hall–Kier alpha value is -3.88. The van der Waals surface area contributed by atoms with Crippen molar-refractivity contribution in [1.82, 2.24) is 20.0 Å². The Morgan fingerprint density at radius 2 is 1.76 bits per heavy atom. The van der Waals surface area contributed by atoms with Crippen LogP contribution in [0.4, 0.5) is 10.5 Å². The molecule has 0 bridgehead atoms. The summed E-state index contributed by atoms with van der Waals surface area (Å²) in [6, 6.07) is 20.1. The number of carbonyl (C=O) groups is 1. The zero-order chi connectivity index (χ0) is 31.6. The van der Waals surface area contributed by atoms with E-state index in [0.29, 0.717) is 5.92 Å².